The van der Waals surface area contributed by atoms with Crippen LogP contribution >= 0.6 is 0 Å². The molecule has 20 heavy (non-hydrogen) atoms. The lowest BCUT2D eigenvalue weighted by Crippen LogP contribution is -2.46. The summed E-state index contributed by atoms with van der Waals surface area (Å²) >= 11 is 0. The van der Waals surface area contributed by atoms with Gasteiger partial charge in [0.15, 0.2) is 5.82 Å². The van der Waals surface area contributed by atoms with Crippen LogP contribution in [0.5, 0.6) is 0 Å². The summed E-state index contributed by atoms with van der Waals surface area (Å²) in [6, 6.07) is 6.66. The molecule has 0 amide bonds. The van der Waals surface area contributed by atoms with Gasteiger partial charge >= 0.3 is 0 Å². The fourth-order valence-electron chi connectivity index (χ4n) is 2.67. The summed E-state index contributed by atoms with van der Waals surface area (Å²) in [5.41, 5.74) is 4.03. The number of aryl methyl sites for hydroxylation is 2. The molecule has 0 aliphatic carbocycles. The van der Waals surface area contributed by atoms with Gasteiger partial charge in [-0.25, -0.2) is 0 Å². The van der Waals surface area contributed by atoms with Crippen LogP contribution < -0.4 is 4.90 Å². The van der Waals surface area contributed by atoms with Gasteiger partial charge in [-0.3, -0.25) is 4.90 Å². The molecule has 0 N–H and O–H groups in total. The number of rotatable bonds is 3. The molecule has 2 heterocycles. The standard InChI is InChI=1S/C15H20N4O/c1-12-3-4-13(2)14(9-12)19-7-5-18(6-8-19)10-15-16-11-20-17-15/h3-4,9,11H,5-8,10H2,1-2H3. The van der Waals surface area contributed by atoms with Gasteiger partial charge in [-0.2, -0.15) is 4.98 Å². The number of nitrogens with zero attached hydrogens (tertiary/aromatic N) is 4. The van der Waals surface area contributed by atoms with Crippen molar-refractivity contribution in [2.24, 2.45) is 0 Å². The van der Waals surface area contributed by atoms with E-state index in [1.807, 2.05) is 0 Å². The molecule has 1 aromatic heterocycles. The quantitative estimate of drug-likeness (QED) is 0.855. The van der Waals surface area contributed by atoms with E-state index in [4.69, 9.17) is 4.52 Å². The predicted octanol–water partition coefficient (Wildman–Crippen LogP) is 2.01. The molecule has 1 aliphatic heterocycles. The van der Waals surface area contributed by atoms with E-state index in [0.717, 1.165) is 38.5 Å². The summed E-state index contributed by atoms with van der Waals surface area (Å²) in [6.45, 7) is 9.25. The zero-order valence-electron chi connectivity index (χ0n) is 12.0. The molecule has 3 rings (SSSR count). The monoisotopic (exact) mass is 272 g/mol. The normalized spacial score (nSPS) is 16.6. The highest BCUT2D eigenvalue weighted by Crippen LogP contribution is 2.23. The third-order valence-corrected chi connectivity index (χ3v) is 3.85. The molecule has 0 saturated carbocycles. The number of hydrogen-bond donors (Lipinski definition) is 0. The van der Waals surface area contributed by atoms with Crippen molar-refractivity contribution in [1.82, 2.24) is 15.0 Å². The lowest BCUT2D eigenvalue weighted by atomic mass is 10.1. The second-order valence-corrected chi connectivity index (χ2v) is 5.40. The summed E-state index contributed by atoms with van der Waals surface area (Å²) in [5.74, 6) is 0.769. The molecule has 5 heteroatoms. The van der Waals surface area contributed by atoms with Crippen LogP contribution in [0.1, 0.15) is 17.0 Å². The Labute approximate surface area is 119 Å². The first-order valence-corrected chi connectivity index (χ1v) is 7.02. The van der Waals surface area contributed by atoms with E-state index >= 15 is 0 Å². The molecule has 0 unspecified atom stereocenters. The minimum atomic E-state index is 0.769. The Bertz CT molecular complexity index is 559. The zero-order valence-corrected chi connectivity index (χ0v) is 12.0. The number of anilines is 1. The molecule has 1 aliphatic rings. The van der Waals surface area contributed by atoms with Crippen molar-refractivity contribution in [2.75, 3.05) is 31.1 Å². The van der Waals surface area contributed by atoms with Crippen LogP contribution in [0.25, 0.3) is 0 Å². The van der Waals surface area contributed by atoms with Crippen molar-refractivity contribution in [1.29, 1.82) is 0 Å². The molecular formula is C15H20N4O. The largest absolute Gasteiger partial charge is 0.369 e. The van der Waals surface area contributed by atoms with E-state index in [2.05, 4.69) is 52.0 Å². The molecule has 0 spiro atoms. The molecule has 1 aromatic carbocycles. The van der Waals surface area contributed by atoms with Crippen molar-refractivity contribution in [3.8, 4) is 0 Å². The van der Waals surface area contributed by atoms with E-state index < -0.39 is 0 Å². The molecule has 0 radical (unpaired) electrons. The second kappa shape index (κ2) is 5.63. The number of aromatic nitrogens is 2. The van der Waals surface area contributed by atoms with Gasteiger partial charge < -0.3 is 9.42 Å². The highest BCUT2D eigenvalue weighted by molar-refractivity contribution is 5.55. The lowest BCUT2D eigenvalue weighted by Gasteiger charge is -2.36. The van der Waals surface area contributed by atoms with Crippen molar-refractivity contribution >= 4 is 5.69 Å². The molecule has 0 bridgehead atoms. The Morgan fingerprint density at radius 1 is 1.15 bits per heavy atom. The third kappa shape index (κ3) is 2.82. The molecule has 1 fully saturated rings. The van der Waals surface area contributed by atoms with Crippen LogP contribution in [0.15, 0.2) is 29.1 Å². The van der Waals surface area contributed by atoms with Crippen LogP contribution in [0, 0.1) is 13.8 Å². The van der Waals surface area contributed by atoms with Crippen molar-refractivity contribution in [3.63, 3.8) is 0 Å². The van der Waals surface area contributed by atoms with E-state index in [1.165, 1.54) is 23.2 Å². The van der Waals surface area contributed by atoms with Crippen LogP contribution in [-0.2, 0) is 6.54 Å². The molecule has 1 saturated heterocycles. The SMILES string of the molecule is Cc1ccc(C)c(N2CCN(Cc3ncon3)CC2)c1. The maximum absolute atomic E-state index is 4.78. The fraction of sp³-hybridized carbons (Fsp3) is 0.467. The summed E-state index contributed by atoms with van der Waals surface area (Å²) < 4.78 is 4.78. The highest BCUT2D eigenvalue weighted by atomic mass is 16.5. The Balaban J connectivity index is 1.62. The van der Waals surface area contributed by atoms with E-state index in [1.54, 1.807) is 0 Å². The van der Waals surface area contributed by atoms with Crippen molar-refractivity contribution in [3.05, 3.63) is 41.5 Å². The Hall–Kier alpha value is -1.88. The van der Waals surface area contributed by atoms with Gasteiger partial charge in [0.1, 0.15) is 0 Å². The summed E-state index contributed by atoms with van der Waals surface area (Å²) in [5, 5.41) is 3.87. The Kier molecular flexibility index (Phi) is 3.69. The predicted molar refractivity (Wildman–Crippen MR) is 77.7 cm³/mol. The Morgan fingerprint density at radius 2 is 1.95 bits per heavy atom. The number of piperazine rings is 1. The van der Waals surface area contributed by atoms with Crippen molar-refractivity contribution in [2.45, 2.75) is 20.4 Å². The first kappa shape index (κ1) is 13.1. The molecule has 2 aromatic rings. The average molecular weight is 272 g/mol. The van der Waals surface area contributed by atoms with Crippen LogP contribution in [-0.4, -0.2) is 41.2 Å². The fourth-order valence-corrected chi connectivity index (χ4v) is 2.67. The number of hydrogen-bond acceptors (Lipinski definition) is 5. The summed E-state index contributed by atoms with van der Waals surface area (Å²) in [4.78, 5) is 8.92. The minimum absolute atomic E-state index is 0.769. The van der Waals surface area contributed by atoms with Gasteiger partial charge in [0.05, 0.1) is 6.54 Å². The maximum Gasteiger partial charge on any atom is 0.213 e. The smallest absolute Gasteiger partial charge is 0.213 e. The van der Waals surface area contributed by atoms with Gasteiger partial charge in [0.25, 0.3) is 0 Å². The molecule has 106 valence electrons. The van der Waals surface area contributed by atoms with E-state index in [9.17, 15) is 0 Å². The minimum Gasteiger partial charge on any atom is -0.369 e. The van der Waals surface area contributed by atoms with Crippen LogP contribution in [0.2, 0.25) is 0 Å². The second-order valence-electron chi connectivity index (χ2n) is 5.40. The van der Waals surface area contributed by atoms with Crippen molar-refractivity contribution < 1.29 is 4.52 Å². The van der Waals surface area contributed by atoms with Gasteiger partial charge in [0.2, 0.25) is 6.39 Å². The van der Waals surface area contributed by atoms with Gasteiger partial charge in [0, 0.05) is 31.9 Å². The first-order chi connectivity index (χ1) is 9.72. The van der Waals surface area contributed by atoms with E-state index in [-0.39, 0.29) is 0 Å². The maximum atomic E-state index is 4.78. The lowest BCUT2D eigenvalue weighted by molar-refractivity contribution is 0.240. The third-order valence-electron chi connectivity index (χ3n) is 3.85. The molecule has 0 atom stereocenters. The first-order valence-electron chi connectivity index (χ1n) is 7.02. The summed E-state index contributed by atoms with van der Waals surface area (Å²) in [6.07, 6.45) is 1.39. The highest BCUT2D eigenvalue weighted by Gasteiger charge is 2.19. The van der Waals surface area contributed by atoms with Crippen LogP contribution in [0.3, 0.4) is 0 Å². The Morgan fingerprint density at radius 3 is 2.65 bits per heavy atom. The number of benzene rings is 1. The topological polar surface area (TPSA) is 45.4 Å². The summed E-state index contributed by atoms with van der Waals surface area (Å²) in [7, 11) is 0. The average Bonchev–Trinajstić information content (AvgIpc) is 2.95. The van der Waals surface area contributed by atoms with Gasteiger partial charge in [-0.15, -0.1) is 0 Å². The molecule has 5 nitrogen and oxygen atoms in total. The van der Waals surface area contributed by atoms with Gasteiger partial charge in [-0.05, 0) is 31.0 Å². The van der Waals surface area contributed by atoms with E-state index in [0.29, 0.717) is 0 Å². The van der Waals surface area contributed by atoms with Crippen LogP contribution in [0.4, 0.5) is 5.69 Å². The molecular weight excluding hydrogens is 252 g/mol. The zero-order chi connectivity index (χ0) is 13.9. The van der Waals surface area contributed by atoms with Gasteiger partial charge in [-0.1, -0.05) is 17.3 Å².